The van der Waals surface area contributed by atoms with Crippen molar-refractivity contribution in [2.24, 2.45) is 0 Å². The summed E-state index contributed by atoms with van der Waals surface area (Å²) in [7, 11) is 1.72. The van der Waals surface area contributed by atoms with Crippen molar-refractivity contribution in [2.75, 3.05) is 24.6 Å². The molecule has 0 aromatic heterocycles. The van der Waals surface area contributed by atoms with E-state index in [4.69, 9.17) is 17.3 Å². The summed E-state index contributed by atoms with van der Waals surface area (Å²) in [6.07, 6.45) is 1.08. The van der Waals surface area contributed by atoms with Gasteiger partial charge in [-0.15, -0.1) is 0 Å². The highest BCUT2D eigenvalue weighted by Gasteiger charge is 2.25. The lowest BCUT2D eigenvalue weighted by Gasteiger charge is -2.31. The number of nitrogens with two attached hydrogens (primary N) is 1. The van der Waals surface area contributed by atoms with Gasteiger partial charge in [-0.2, -0.15) is 0 Å². The second kappa shape index (κ2) is 5.58. The van der Waals surface area contributed by atoms with Gasteiger partial charge in [-0.05, 0) is 18.6 Å². The lowest BCUT2D eigenvalue weighted by molar-refractivity contribution is -0.132. The Kier molecular flexibility index (Phi) is 4.04. The maximum atomic E-state index is 11.4. The molecule has 20 heavy (non-hydrogen) atoms. The van der Waals surface area contributed by atoms with Crippen LogP contribution in [0.4, 0.5) is 11.4 Å². The summed E-state index contributed by atoms with van der Waals surface area (Å²) in [5.74, 6) is -1.01. The molecule has 0 saturated carbocycles. The predicted octanol–water partition coefficient (Wildman–Crippen LogP) is 1.65. The number of anilines is 2. The minimum absolute atomic E-state index is 0.0306. The molecule has 1 unspecified atom stereocenters. The molecule has 0 radical (unpaired) electrons. The normalized spacial score (nSPS) is 19.0. The van der Waals surface area contributed by atoms with Crippen molar-refractivity contribution in [1.82, 2.24) is 4.90 Å². The van der Waals surface area contributed by atoms with Crippen molar-refractivity contribution in [1.29, 1.82) is 0 Å². The van der Waals surface area contributed by atoms with Crippen LogP contribution in [0.2, 0.25) is 5.02 Å². The molecule has 4 N–H and O–H groups in total. The number of hydrogen-bond acceptors (Lipinski definition) is 4. The molecule has 0 bridgehead atoms. The molecule has 1 atom stereocenters. The Balaban J connectivity index is 2.25. The number of nitrogens with one attached hydrogen (secondary N) is 1. The van der Waals surface area contributed by atoms with Crippen molar-refractivity contribution in [3.63, 3.8) is 0 Å². The van der Waals surface area contributed by atoms with Crippen molar-refractivity contribution in [3.8, 4) is 0 Å². The van der Waals surface area contributed by atoms with E-state index in [1.54, 1.807) is 11.9 Å². The summed E-state index contributed by atoms with van der Waals surface area (Å²) in [5, 5.41) is 12.6. The fraction of sp³-hybridized carbons (Fsp3) is 0.385. The highest BCUT2D eigenvalue weighted by atomic mass is 35.5. The van der Waals surface area contributed by atoms with Crippen molar-refractivity contribution in [3.05, 3.63) is 22.7 Å². The number of carboxylic acid groups (broad SMARTS) is 1. The number of carbonyl (C=O) groups is 2. The number of carbonyl (C=O) groups excluding carboxylic acids is 1. The Labute approximate surface area is 121 Å². The van der Waals surface area contributed by atoms with E-state index in [-0.39, 0.29) is 22.5 Å². The molecule has 1 aromatic rings. The molecule has 108 valence electrons. The third-order valence-corrected chi connectivity index (χ3v) is 3.62. The van der Waals surface area contributed by atoms with E-state index < -0.39 is 5.97 Å². The lowest BCUT2D eigenvalue weighted by Crippen LogP contribution is -2.43. The maximum Gasteiger partial charge on any atom is 0.337 e. The number of nitrogens with zero attached hydrogens (tertiary/aromatic N) is 1. The molecule has 2 rings (SSSR count). The van der Waals surface area contributed by atoms with Crippen LogP contribution in [0.1, 0.15) is 23.2 Å². The van der Waals surface area contributed by atoms with Crippen LogP contribution < -0.4 is 11.1 Å². The fourth-order valence-corrected chi connectivity index (χ4v) is 2.56. The summed E-state index contributed by atoms with van der Waals surface area (Å²) >= 11 is 6.08. The first-order chi connectivity index (χ1) is 9.38. The fourth-order valence-electron chi connectivity index (χ4n) is 2.28. The smallest absolute Gasteiger partial charge is 0.337 e. The Hall–Kier alpha value is -1.95. The number of likely N-dealkylation sites (tertiary alicyclic amines) is 1. The van der Waals surface area contributed by atoms with E-state index in [2.05, 4.69) is 5.32 Å². The largest absolute Gasteiger partial charge is 0.478 e. The summed E-state index contributed by atoms with van der Waals surface area (Å²) in [6.45, 7) is 0.512. The molecule has 0 spiro atoms. The monoisotopic (exact) mass is 297 g/mol. The molecule has 0 aliphatic carbocycles. The van der Waals surface area contributed by atoms with Gasteiger partial charge in [0.05, 0.1) is 16.3 Å². The third kappa shape index (κ3) is 2.96. The van der Waals surface area contributed by atoms with E-state index in [1.807, 2.05) is 0 Å². The molecular weight excluding hydrogens is 282 g/mol. The first-order valence-corrected chi connectivity index (χ1v) is 6.59. The highest BCUT2D eigenvalue weighted by Crippen LogP contribution is 2.31. The van der Waals surface area contributed by atoms with Gasteiger partial charge < -0.3 is 21.1 Å². The van der Waals surface area contributed by atoms with Crippen molar-refractivity contribution in [2.45, 2.75) is 18.9 Å². The van der Waals surface area contributed by atoms with Gasteiger partial charge in [-0.1, -0.05) is 11.6 Å². The Bertz CT molecular complexity index is 562. The molecule has 1 aliphatic rings. The number of carboxylic acids is 1. The van der Waals surface area contributed by atoms with Gasteiger partial charge in [0.25, 0.3) is 0 Å². The van der Waals surface area contributed by atoms with Gasteiger partial charge in [-0.3, -0.25) is 4.79 Å². The van der Waals surface area contributed by atoms with Crippen LogP contribution in [0.3, 0.4) is 0 Å². The van der Waals surface area contributed by atoms with E-state index >= 15 is 0 Å². The molecule has 1 aromatic carbocycles. The second-order valence-electron chi connectivity index (χ2n) is 4.88. The van der Waals surface area contributed by atoms with Gasteiger partial charge in [-0.25, -0.2) is 4.79 Å². The van der Waals surface area contributed by atoms with Crippen LogP contribution in [0.25, 0.3) is 0 Å². The number of halogens is 1. The predicted molar refractivity (Wildman–Crippen MR) is 77.1 cm³/mol. The van der Waals surface area contributed by atoms with Crippen LogP contribution in [0.5, 0.6) is 0 Å². The van der Waals surface area contributed by atoms with Crippen LogP contribution in [-0.4, -0.2) is 41.5 Å². The van der Waals surface area contributed by atoms with Crippen LogP contribution >= 0.6 is 11.6 Å². The molecule has 1 amide bonds. The summed E-state index contributed by atoms with van der Waals surface area (Å²) < 4.78 is 0. The average Bonchev–Trinajstić information content (AvgIpc) is 2.36. The zero-order valence-corrected chi connectivity index (χ0v) is 11.8. The van der Waals surface area contributed by atoms with Crippen LogP contribution in [0, 0.1) is 0 Å². The quantitative estimate of drug-likeness (QED) is 0.737. The number of rotatable bonds is 3. The van der Waals surface area contributed by atoms with E-state index in [0.29, 0.717) is 30.8 Å². The number of likely N-dealkylation sites (N-methyl/N-ethyl adjacent to an activating group) is 1. The molecule has 1 heterocycles. The minimum Gasteiger partial charge on any atom is -0.478 e. The van der Waals surface area contributed by atoms with Gasteiger partial charge in [0.15, 0.2) is 0 Å². The summed E-state index contributed by atoms with van der Waals surface area (Å²) in [6, 6.07) is 2.85. The Morgan fingerprint density at radius 2 is 2.25 bits per heavy atom. The average molecular weight is 298 g/mol. The Morgan fingerprint density at radius 1 is 1.55 bits per heavy atom. The number of hydrogen-bond donors (Lipinski definition) is 3. The zero-order chi connectivity index (χ0) is 14.9. The van der Waals surface area contributed by atoms with Crippen LogP contribution in [0.15, 0.2) is 12.1 Å². The second-order valence-corrected chi connectivity index (χ2v) is 5.29. The molecule has 7 heteroatoms. The lowest BCUT2D eigenvalue weighted by atomic mass is 10.0. The molecule has 6 nitrogen and oxygen atoms in total. The maximum absolute atomic E-state index is 11.4. The van der Waals surface area contributed by atoms with Crippen LogP contribution in [-0.2, 0) is 4.79 Å². The van der Waals surface area contributed by atoms with E-state index in [0.717, 1.165) is 0 Å². The Morgan fingerprint density at radius 3 is 2.85 bits per heavy atom. The topological polar surface area (TPSA) is 95.7 Å². The minimum atomic E-state index is -1.10. The molecule has 1 aliphatic heterocycles. The van der Waals surface area contributed by atoms with Crippen molar-refractivity contribution < 1.29 is 14.7 Å². The third-order valence-electron chi connectivity index (χ3n) is 3.32. The van der Waals surface area contributed by atoms with Crippen molar-refractivity contribution >= 4 is 34.9 Å². The highest BCUT2D eigenvalue weighted by molar-refractivity contribution is 6.34. The van der Waals surface area contributed by atoms with Gasteiger partial charge in [0.2, 0.25) is 5.91 Å². The first-order valence-electron chi connectivity index (χ1n) is 6.21. The summed E-state index contributed by atoms with van der Waals surface area (Å²) in [4.78, 5) is 24.3. The van der Waals surface area contributed by atoms with E-state index in [9.17, 15) is 14.7 Å². The van der Waals surface area contributed by atoms with Gasteiger partial charge in [0, 0.05) is 31.7 Å². The SMILES string of the molecule is CN1CC(Nc2c(Cl)cc(N)cc2C(=O)O)CCC1=O. The first kappa shape index (κ1) is 14.5. The zero-order valence-electron chi connectivity index (χ0n) is 11.0. The van der Waals surface area contributed by atoms with E-state index in [1.165, 1.54) is 12.1 Å². The number of piperidine rings is 1. The summed E-state index contributed by atoms with van der Waals surface area (Å²) in [5.41, 5.74) is 6.30. The number of aromatic carboxylic acids is 1. The standard InChI is InChI=1S/C13H16ClN3O3/c1-17-6-8(2-3-11(17)18)16-12-9(13(19)20)4-7(15)5-10(12)14/h4-5,8,16H,2-3,6,15H2,1H3,(H,19,20). The molecule has 1 fully saturated rings. The van der Waals surface area contributed by atoms with Gasteiger partial charge in [0.1, 0.15) is 0 Å². The number of amides is 1. The molecule has 1 saturated heterocycles. The number of benzene rings is 1. The number of nitrogen functional groups attached to an aromatic ring is 1. The molecular formula is C13H16ClN3O3. The van der Waals surface area contributed by atoms with Gasteiger partial charge >= 0.3 is 5.97 Å².